The highest BCUT2D eigenvalue weighted by molar-refractivity contribution is 6.29. The maximum absolute atomic E-state index is 5.82. The van der Waals surface area contributed by atoms with E-state index in [1.54, 1.807) is 6.07 Å². The van der Waals surface area contributed by atoms with Crippen LogP contribution in [0.15, 0.2) is 42.5 Å². The zero-order valence-electron chi connectivity index (χ0n) is 12.8. The van der Waals surface area contributed by atoms with Crippen LogP contribution in [0.25, 0.3) is 0 Å². The molecule has 1 aromatic heterocycles. The molecule has 1 unspecified atom stereocenters. The number of halogens is 1. The van der Waals surface area contributed by atoms with Crippen LogP contribution < -0.4 is 4.90 Å². The van der Waals surface area contributed by atoms with E-state index < -0.39 is 0 Å². The van der Waals surface area contributed by atoms with Crippen molar-refractivity contribution in [2.24, 2.45) is 0 Å². The van der Waals surface area contributed by atoms with E-state index in [0.717, 1.165) is 38.4 Å². The molecule has 1 aliphatic rings. The van der Waals surface area contributed by atoms with Crippen molar-refractivity contribution in [1.82, 2.24) is 15.1 Å². The SMILES string of the molecule is CC1CCN(c2ccc(Cl)nn2)CCN1Cc1ccccc1. The topological polar surface area (TPSA) is 32.3 Å². The van der Waals surface area contributed by atoms with Gasteiger partial charge in [0.15, 0.2) is 11.0 Å². The molecule has 1 aliphatic heterocycles. The zero-order valence-corrected chi connectivity index (χ0v) is 13.6. The number of aromatic nitrogens is 2. The van der Waals surface area contributed by atoms with Gasteiger partial charge in [0.1, 0.15) is 0 Å². The Hall–Kier alpha value is -1.65. The van der Waals surface area contributed by atoms with Crippen molar-refractivity contribution in [2.75, 3.05) is 24.5 Å². The molecule has 0 amide bonds. The molecule has 5 heteroatoms. The minimum atomic E-state index is 0.442. The molecule has 0 N–H and O–H groups in total. The molecule has 4 nitrogen and oxygen atoms in total. The van der Waals surface area contributed by atoms with Crippen LogP contribution in [-0.2, 0) is 6.54 Å². The van der Waals surface area contributed by atoms with Gasteiger partial charge in [-0.3, -0.25) is 4.90 Å². The van der Waals surface area contributed by atoms with E-state index in [9.17, 15) is 0 Å². The van der Waals surface area contributed by atoms with Crippen LogP contribution in [0.4, 0.5) is 5.82 Å². The van der Waals surface area contributed by atoms with E-state index in [2.05, 4.69) is 57.3 Å². The number of hydrogen-bond acceptors (Lipinski definition) is 4. The molecule has 0 aliphatic carbocycles. The lowest BCUT2D eigenvalue weighted by Crippen LogP contribution is -2.34. The van der Waals surface area contributed by atoms with Crippen LogP contribution in [0.2, 0.25) is 5.15 Å². The van der Waals surface area contributed by atoms with Crippen molar-refractivity contribution in [3.05, 3.63) is 53.2 Å². The summed E-state index contributed by atoms with van der Waals surface area (Å²) in [6.45, 7) is 6.30. The second-order valence-corrected chi connectivity index (χ2v) is 6.18. The van der Waals surface area contributed by atoms with Gasteiger partial charge < -0.3 is 4.90 Å². The van der Waals surface area contributed by atoms with Gasteiger partial charge in [-0.25, -0.2) is 0 Å². The van der Waals surface area contributed by atoms with Gasteiger partial charge in [0, 0.05) is 32.2 Å². The van der Waals surface area contributed by atoms with Crippen LogP contribution in [-0.4, -0.2) is 40.8 Å². The largest absolute Gasteiger partial charge is 0.354 e. The summed E-state index contributed by atoms with van der Waals surface area (Å²) >= 11 is 5.82. The lowest BCUT2D eigenvalue weighted by Gasteiger charge is -2.26. The summed E-state index contributed by atoms with van der Waals surface area (Å²) < 4.78 is 0. The van der Waals surface area contributed by atoms with Gasteiger partial charge in [0.25, 0.3) is 0 Å². The second-order valence-electron chi connectivity index (χ2n) is 5.80. The van der Waals surface area contributed by atoms with E-state index in [-0.39, 0.29) is 0 Å². The first-order chi connectivity index (χ1) is 10.7. The number of benzene rings is 1. The Kier molecular flexibility index (Phi) is 4.90. The fourth-order valence-electron chi connectivity index (χ4n) is 2.87. The fourth-order valence-corrected chi connectivity index (χ4v) is 2.97. The van der Waals surface area contributed by atoms with Gasteiger partial charge >= 0.3 is 0 Å². The van der Waals surface area contributed by atoms with Gasteiger partial charge in [-0.15, -0.1) is 10.2 Å². The van der Waals surface area contributed by atoms with Crippen LogP contribution in [0.5, 0.6) is 0 Å². The standard InChI is InChI=1S/C17H21ClN4/c1-14-9-10-21(17-8-7-16(18)19-20-17)11-12-22(14)13-15-5-3-2-4-6-15/h2-8,14H,9-13H2,1H3. The van der Waals surface area contributed by atoms with Crippen molar-refractivity contribution in [3.8, 4) is 0 Å². The van der Waals surface area contributed by atoms with Crippen molar-refractivity contribution in [3.63, 3.8) is 0 Å². The molecule has 1 saturated heterocycles. The van der Waals surface area contributed by atoms with Crippen molar-refractivity contribution in [1.29, 1.82) is 0 Å². The molecule has 2 aromatic rings. The van der Waals surface area contributed by atoms with Gasteiger partial charge in [0.2, 0.25) is 0 Å². The Bertz CT molecular complexity index is 587. The van der Waals surface area contributed by atoms with Crippen molar-refractivity contribution >= 4 is 17.4 Å². The van der Waals surface area contributed by atoms with Crippen molar-refractivity contribution in [2.45, 2.75) is 25.9 Å². The predicted molar refractivity (Wildman–Crippen MR) is 90.2 cm³/mol. The third-order valence-electron chi connectivity index (χ3n) is 4.27. The first-order valence-corrected chi connectivity index (χ1v) is 8.12. The first-order valence-electron chi connectivity index (χ1n) is 7.74. The van der Waals surface area contributed by atoms with E-state index in [4.69, 9.17) is 11.6 Å². The number of hydrogen-bond donors (Lipinski definition) is 0. The highest BCUT2D eigenvalue weighted by Gasteiger charge is 2.21. The monoisotopic (exact) mass is 316 g/mol. The first kappa shape index (κ1) is 15.3. The summed E-state index contributed by atoms with van der Waals surface area (Å²) in [5, 5.41) is 8.60. The Balaban J connectivity index is 1.66. The minimum Gasteiger partial charge on any atom is -0.354 e. The normalized spacial score (nSPS) is 19.9. The third kappa shape index (κ3) is 3.76. The van der Waals surface area contributed by atoms with Crippen LogP contribution >= 0.6 is 11.6 Å². The van der Waals surface area contributed by atoms with Crippen molar-refractivity contribution < 1.29 is 0 Å². The lowest BCUT2D eigenvalue weighted by atomic mass is 10.1. The van der Waals surface area contributed by atoms with E-state index >= 15 is 0 Å². The highest BCUT2D eigenvalue weighted by Crippen LogP contribution is 2.19. The van der Waals surface area contributed by atoms with E-state index in [1.807, 2.05) is 6.07 Å². The fraction of sp³-hybridized carbons (Fsp3) is 0.412. The molecule has 1 atom stereocenters. The zero-order chi connectivity index (χ0) is 15.4. The van der Waals surface area contributed by atoms with E-state index in [0.29, 0.717) is 11.2 Å². The lowest BCUT2D eigenvalue weighted by molar-refractivity contribution is 0.212. The molecular weight excluding hydrogens is 296 g/mol. The number of rotatable bonds is 3. The van der Waals surface area contributed by atoms with Gasteiger partial charge in [0.05, 0.1) is 0 Å². The third-order valence-corrected chi connectivity index (χ3v) is 4.47. The molecule has 1 aromatic carbocycles. The Labute approximate surface area is 136 Å². The Morgan fingerprint density at radius 2 is 1.86 bits per heavy atom. The summed E-state index contributed by atoms with van der Waals surface area (Å²) in [6.07, 6.45) is 1.12. The molecule has 0 radical (unpaired) electrons. The van der Waals surface area contributed by atoms with Crippen LogP contribution in [0.3, 0.4) is 0 Å². The summed E-state index contributed by atoms with van der Waals surface area (Å²) in [5.41, 5.74) is 1.37. The Morgan fingerprint density at radius 1 is 1.05 bits per heavy atom. The average molecular weight is 317 g/mol. The summed E-state index contributed by atoms with van der Waals surface area (Å²) in [6, 6.07) is 15.0. The van der Waals surface area contributed by atoms with Crippen LogP contribution in [0, 0.1) is 0 Å². The molecule has 0 saturated carbocycles. The molecule has 1 fully saturated rings. The summed E-state index contributed by atoms with van der Waals surface area (Å²) in [7, 11) is 0. The maximum atomic E-state index is 5.82. The van der Waals surface area contributed by atoms with Crippen LogP contribution in [0.1, 0.15) is 18.9 Å². The molecule has 2 heterocycles. The van der Waals surface area contributed by atoms with Gasteiger partial charge in [-0.05, 0) is 31.0 Å². The molecule has 22 heavy (non-hydrogen) atoms. The number of anilines is 1. The molecular formula is C17H21ClN4. The summed E-state index contributed by atoms with van der Waals surface area (Å²) in [4.78, 5) is 4.84. The number of nitrogens with zero attached hydrogens (tertiary/aromatic N) is 4. The smallest absolute Gasteiger partial charge is 0.151 e. The molecule has 3 rings (SSSR count). The molecule has 116 valence electrons. The Morgan fingerprint density at radius 3 is 2.59 bits per heavy atom. The molecule has 0 spiro atoms. The van der Waals surface area contributed by atoms with E-state index in [1.165, 1.54) is 5.56 Å². The second kappa shape index (κ2) is 7.07. The maximum Gasteiger partial charge on any atom is 0.151 e. The highest BCUT2D eigenvalue weighted by atomic mass is 35.5. The van der Waals surface area contributed by atoms with Gasteiger partial charge in [-0.1, -0.05) is 41.9 Å². The quantitative estimate of drug-likeness (QED) is 0.870. The molecule has 0 bridgehead atoms. The van der Waals surface area contributed by atoms with Gasteiger partial charge in [-0.2, -0.15) is 0 Å². The predicted octanol–water partition coefficient (Wildman–Crippen LogP) is 3.23. The average Bonchev–Trinajstić information content (AvgIpc) is 2.72. The summed E-state index contributed by atoms with van der Waals surface area (Å²) in [5.74, 6) is 0.915. The minimum absolute atomic E-state index is 0.442.